The quantitative estimate of drug-likeness (QED) is 0.820. The Morgan fingerprint density at radius 2 is 2.47 bits per heavy atom. The fraction of sp³-hybridized carbons (Fsp3) is 0.385. The summed E-state index contributed by atoms with van der Waals surface area (Å²) in [5.41, 5.74) is 1.54. The molecule has 1 atom stereocenters. The molecule has 1 unspecified atom stereocenters. The highest BCUT2D eigenvalue weighted by Crippen LogP contribution is 2.16. The number of ether oxygens (including phenoxy) is 1. The number of hydrogen-bond acceptors (Lipinski definition) is 4. The number of nitrogens with one attached hydrogen (secondary N) is 1. The van der Waals surface area contributed by atoms with Crippen molar-refractivity contribution in [3.63, 3.8) is 0 Å². The minimum atomic E-state index is -0.282. The maximum absolute atomic E-state index is 12.4. The minimum absolute atomic E-state index is 0.0372. The molecule has 0 saturated carbocycles. The van der Waals surface area contributed by atoms with Gasteiger partial charge in [-0.25, -0.2) is 0 Å². The average Bonchev–Trinajstić information content (AvgIpc) is 2.94. The summed E-state index contributed by atoms with van der Waals surface area (Å²) in [5.74, 6) is -0.0372. The first-order valence-electron chi connectivity index (χ1n) is 6.23. The van der Waals surface area contributed by atoms with Crippen LogP contribution in [-0.4, -0.2) is 58.5 Å². The zero-order valence-electron chi connectivity index (χ0n) is 10.4. The Hall–Kier alpha value is -1.92. The smallest absolute Gasteiger partial charge is 0.254 e. The van der Waals surface area contributed by atoms with Crippen LogP contribution in [0.2, 0.25) is 0 Å². The molecule has 1 fully saturated rings. The summed E-state index contributed by atoms with van der Waals surface area (Å²) in [6.07, 6.45) is 1.41. The van der Waals surface area contributed by atoms with Gasteiger partial charge in [0.1, 0.15) is 0 Å². The zero-order chi connectivity index (χ0) is 13.2. The molecule has 1 aromatic heterocycles. The first-order valence-corrected chi connectivity index (χ1v) is 6.23. The number of amides is 1. The molecule has 2 heterocycles. The number of aliphatic hydroxyl groups is 1. The van der Waals surface area contributed by atoms with Gasteiger partial charge in [-0.2, -0.15) is 5.10 Å². The number of benzene rings is 1. The van der Waals surface area contributed by atoms with Crippen LogP contribution in [0.15, 0.2) is 24.4 Å². The van der Waals surface area contributed by atoms with Gasteiger partial charge in [0, 0.05) is 24.0 Å². The standard InChI is InChI=1S/C13H15N3O3/c17-8-11-7-16(3-4-19-11)13(18)9-1-2-12-10(5-9)6-14-15-12/h1-2,5-6,11,17H,3-4,7-8H2,(H,14,15). The van der Waals surface area contributed by atoms with E-state index >= 15 is 0 Å². The molecular formula is C13H15N3O3. The third kappa shape index (κ3) is 2.32. The number of morpholine rings is 1. The minimum Gasteiger partial charge on any atom is -0.394 e. The second-order valence-corrected chi connectivity index (χ2v) is 4.60. The van der Waals surface area contributed by atoms with Gasteiger partial charge in [0.2, 0.25) is 0 Å². The summed E-state index contributed by atoms with van der Waals surface area (Å²) in [5, 5.41) is 16.8. The van der Waals surface area contributed by atoms with E-state index in [1.54, 1.807) is 17.2 Å². The lowest BCUT2D eigenvalue weighted by Crippen LogP contribution is -2.46. The molecule has 19 heavy (non-hydrogen) atoms. The molecule has 3 rings (SSSR count). The van der Waals surface area contributed by atoms with Crippen LogP contribution in [0.4, 0.5) is 0 Å². The number of aromatic amines is 1. The number of fused-ring (bicyclic) bond motifs is 1. The Labute approximate surface area is 110 Å². The molecule has 1 aromatic carbocycles. The number of aromatic nitrogens is 2. The lowest BCUT2D eigenvalue weighted by Gasteiger charge is -2.32. The molecule has 1 amide bonds. The Morgan fingerprint density at radius 3 is 3.32 bits per heavy atom. The van der Waals surface area contributed by atoms with Gasteiger partial charge in [-0.05, 0) is 18.2 Å². The molecule has 1 aliphatic rings. The highest BCUT2D eigenvalue weighted by molar-refractivity contribution is 5.97. The predicted molar refractivity (Wildman–Crippen MR) is 68.8 cm³/mol. The second kappa shape index (κ2) is 4.99. The van der Waals surface area contributed by atoms with Gasteiger partial charge in [-0.15, -0.1) is 0 Å². The van der Waals surface area contributed by atoms with Crippen LogP contribution < -0.4 is 0 Å². The van der Waals surface area contributed by atoms with Gasteiger partial charge in [0.25, 0.3) is 5.91 Å². The Bertz CT molecular complexity index is 596. The molecule has 6 nitrogen and oxygen atoms in total. The van der Waals surface area contributed by atoms with E-state index in [0.717, 1.165) is 10.9 Å². The van der Waals surface area contributed by atoms with Gasteiger partial charge >= 0.3 is 0 Å². The second-order valence-electron chi connectivity index (χ2n) is 4.60. The van der Waals surface area contributed by atoms with E-state index in [2.05, 4.69) is 10.2 Å². The molecule has 2 N–H and O–H groups in total. The summed E-state index contributed by atoms with van der Waals surface area (Å²) in [4.78, 5) is 14.1. The van der Waals surface area contributed by atoms with Crippen LogP contribution in [0.1, 0.15) is 10.4 Å². The zero-order valence-corrected chi connectivity index (χ0v) is 10.4. The number of rotatable bonds is 2. The SMILES string of the molecule is O=C(c1ccc2[nH]ncc2c1)N1CCOC(CO)C1. The van der Waals surface area contributed by atoms with Crippen molar-refractivity contribution in [2.24, 2.45) is 0 Å². The van der Waals surface area contributed by atoms with E-state index in [4.69, 9.17) is 9.84 Å². The van der Waals surface area contributed by atoms with Crippen LogP contribution in [0.25, 0.3) is 10.9 Å². The number of hydrogen-bond donors (Lipinski definition) is 2. The van der Waals surface area contributed by atoms with Gasteiger partial charge in [-0.1, -0.05) is 0 Å². The van der Waals surface area contributed by atoms with Gasteiger partial charge in [0.15, 0.2) is 0 Å². The average molecular weight is 261 g/mol. The van der Waals surface area contributed by atoms with Crippen LogP contribution in [0.5, 0.6) is 0 Å². The van der Waals surface area contributed by atoms with Crippen LogP contribution in [0, 0.1) is 0 Å². The summed E-state index contributed by atoms with van der Waals surface area (Å²) in [7, 11) is 0. The van der Waals surface area contributed by atoms with Crippen molar-refractivity contribution in [3.05, 3.63) is 30.0 Å². The van der Waals surface area contributed by atoms with Crippen molar-refractivity contribution >= 4 is 16.8 Å². The molecule has 0 radical (unpaired) electrons. The van der Waals surface area contributed by atoms with Crippen molar-refractivity contribution in [3.8, 4) is 0 Å². The molecule has 0 aliphatic carbocycles. The first-order chi connectivity index (χ1) is 9.28. The lowest BCUT2D eigenvalue weighted by atomic mass is 10.1. The molecule has 100 valence electrons. The third-order valence-electron chi connectivity index (χ3n) is 3.32. The highest BCUT2D eigenvalue weighted by atomic mass is 16.5. The maximum atomic E-state index is 12.4. The summed E-state index contributed by atoms with van der Waals surface area (Å²) in [6.45, 7) is 1.38. The van der Waals surface area contributed by atoms with E-state index in [9.17, 15) is 4.79 Å². The largest absolute Gasteiger partial charge is 0.394 e. The molecule has 1 saturated heterocycles. The van der Waals surface area contributed by atoms with E-state index in [1.807, 2.05) is 12.1 Å². The number of H-pyrrole nitrogens is 1. The van der Waals surface area contributed by atoms with E-state index < -0.39 is 0 Å². The van der Waals surface area contributed by atoms with Crippen molar-refractivity contribution in [1.82, 2.24) is 15.1 Å². The van der Waals surface area contributed by atoms with Crippen LogP contribution in [0.3, 0.4) is 0 Å². The van der Waals surface area contributed by atoms with E-state index in [1.165, 1.54) is 0 Å². The lowest BCUT2D eigenvalue weighted by molar-refractivity contribution is -0.0447. The van der Waals surface area contributed by atoms with Gasteiger partial charge in [0.05, 0.1) is 31.0 Å². The number of carbonyl (C=O) groups excluding carboxylic acids is 1. The molecule has 0 bridgehead atoms. The molecule has 6 heteroatoms. The van der Waals surface area contributed by atoms with Crippen molar-refractivity contribution in [2.45, 2.75) is 6.10 Å². The number of aliphatic hydroxyl groups excluding tert-OH is 1. The number of nitrogens with zero attached hydrogens (tertiary/aromatic N) is 2. The monoisotopic (exact) mass is 261 g/mol. The van der Waals surface area contributed by atoms with Gasteiger partial charge < -0.3 is 14.7 Å². The maximum Gasteiger partial charge on any atom is 0.254 e. The van der Waals surface area contributed by atoms with E-state index in [0.29, 0.717) is 25.3 Å². The Kier molecular flexibility index (Phi) is 3.18. The number of carbonyl (C=O) groups is 1. The van der Waals surface area contributed by atoms with Crippen LogP contribution >= 0.6 is 0 Å². The summed E-state index contributed by atoms with van der Waals surface area (Å²) >= 11 is 0. The predicted octanol–water partition coefficient (Wildman–Crippen LogP) is 0.396. The van der Waals surface area contributed by atoms with E-state index in [-0.39, 0.29) is 18.6 Å². The Morgan fingerprint density at radius 1 is 1.58 bits per heavy atom. The normalized spacial score (nSPS) is 19.8. The van der Waals surface area contributed by atoms with Crippen molar-refractivity contribution < 1.29 is 14.6 Å². The van der Waals surface area contributed by atoms with Gasteiger partial charge in [-0.3, -0.25) is 9.89 Å². The highest BCUT2D eigenvalue weighted by Gasteiger charge is 2.24. The fourth-order valence-corrected chi connectivity index (χ4v) is 2.27. The third-order valence-corrected chi connectivity index (χ3v) is 3.32. The van der Waals surface area contributed by atoms with Crippen LogP contribution in [-0.2, 0) is 4.74 Å². The molecule has 0 spiro atoms. The van der Waals surface area contributed by atoms with Crippen molar-refractivity contribution in [1.29, 1.82) is 0 Å². The molecular weight excluding hydrogens is 246 g/mol. The summed E-state index contributed by atoms with van der Waals surface area (Å²) in [6, 6.07) is 5.45. The topological polar surface area (TPSA) is 78.5 Å². The molecule has 2 aromatic rings. The fourth-order valence-electron chi connectivity index (χ4n) is 2.27. The molecule has 1 aliphatic heterocycles. The first kappa shape index (κ1) is 12.1. The van der Waals surface area contributed by atoms with Crippen molar-refractivity contribution in [2.75, 3.05) is 26.3 Å². The Balaban J connectivity index is 1.82. The summed E-state index contributed by atoms with van der Waals surface area (Å²) < 4.78 is 5.34.